The van der Waals surface area contributed by atoms with Crippen LogP contribution in [0.3, 0.4) is 0 Å². The molecule has 10 heavy (non-hydrogen) atoms. The van der Waals surface area contributed by atoms with Gasteiger partial charge in [-0.25, -0.2) is 0 Å². The predicted octanol–water partition coefficient (Wildman–Crippen LogP) is 0.520. The molecule has 0 aromatic rings. The van der Waals surface area contributed by atoms with Gasteiger partial charge in [-0.1, -0.05) is 6.92 Å². The zero-order chi connectivity index (χ0) is 7.61. The smallest absolute Gasteiger partial charge is 0.165 e. The average Bonchev–Trinajstić information content (AvgIpc) is 2.33. The van der Waals surface area contributed by atoms with Crippen LogP contribution in [-0.2, 0) is 9.47 Å². The molecule has 0 radical (unpaired) electrons. The molecule has 1 heterocycles. The molecule has 1 N–H and O–H groups in total. The van der Waals surface area contributed by atoms with E-state index < -0.39 is 5.79 Å². The highest BCUT2D eigenvalue weighted by atomic mass is 16.7. The van der Waals surface area contributed by atoms with E-state index in [0.717, 1.165) is 6.42 Å². The Morgan fingerprint density at radius 1 is 1.70 bits per heavy atom. The summed E-state index contributed by atoms with van der Waals surface area (Å²) in [6, 6.07) is 0. The van der Waals surface area contributed by atoms with Crippen molar-refractivity contribution in [1.82, 2.24) is 0 Å². The molecule has 2 atom stereocenters. The van der Waals surface area contributed by atoms with Crippen molar-refractivity contribution in [2.75, 3.05) is 13.2 Å². The normalized spacial score (nSPS) is 40.5. The molecule has 1 fully saturated rings. The minimum atomic E-state index is -0.451. The molecular weight excluding hydrogens is 132 g/mol. The lowest BCUT2D eigenvalue weighted by atomic mass is 10.2. The lowest BCUT2D eigenvalue weighted by Gasteiger charge is -2.20. The van der Waals surface area contributed by atoms with Gasteiger partial charge in [-0.15, -0.1) is 0 Å². The topological polar surface area (TPSA) is 38.7 Å². The lowest BCUT2D eigenvalue weighted by molar-refractivity contribution is -0.158. The lowest BCUT2D eigenvalue weighted by Crippen LogP contribution is -2.26. The first-order valence-electron chi connectivity index (χ1n) is 3.63. The fourth-order valence-corrected chi connectivity index (χ4v) is 0.965. The Kier molecular flexibility index (Phi) is 2.28. The third-order valence-electron chi connectivity index (χ3n) is 1.84. The van der Waals surface area contributed by atoms with Gasteiger partial charge in [0.05, 0.1) is 13.2 Å². The molecule has 1 rings (SSSR count). The second-order valence-corrected chi connectivity index (χ2v) is 2.72. The number of aliphatic hydroxyl groups is 1. The summed E-state index contributed by atoms with van der Waals surface area (Å²) in [4.78, 5) is 0. The number of rotatable bonds is 2. The van der Waals surface area contributed by atoms with Crippen LogP contribution in [-0.4, -0.2) is 30.2 Å². The molecule has 0 amide bonds. The maximum absolute atomic E-state index is 8.69. The van der Waals surface area contributed by atoms with Crippen LogP contribution in [0.5, 0.6) is 0 Å². The maximum atomic E-state index is 8.69. The molecule has 3 nitrogen and oxygen atoms in total. The highest BCUT2D eigenvalue weighted by Crippen LogP contribution is 2.25. The number of aliphatic hydroxyl groups excluding tert-OH is 1. The molecule has 1 saturated heterocycles. The number of hydrogen-bond acceptors (Lipinski definition) is 3. The van der Waals surface area contributed by atoms with Crippen LogP contribution in [0.25, 0.3) is 0 Å². The third kappa shape index (κ3) is 1.48. The molecule has 1 aliphatic rings. The molecule has 0 aliphatic carbocycles. The molecule has 0 spiro atoms. The Bertz CT molecular complexity index is 115. The van der Waals surface area contributed by atoms with Crippen molar-refractivity contribution in [3.8, 4) is 0 Å². The van der Waals surface area contributed by atoms with Crippen LogP contribution in [0.2, 0.25) is 0 Å². The summed E-state index contributed by atoms with van der Waals surface area (Å²) in [5.74, 6) is -0.451. The molecule has 60 valence electrons. The molecule has 0 aromatic carbocycles. The van der Waals surface area contributed by atoms with Crippen molar-refractivity contribution in [2.24, 2.45) is 0 Å². The quantitative estimate of drug-likeness (QED) is 0.617. The second kappa shape index (κ2) is 2.86. The Morgan fingerprint density at radius 3 is 2.70 bits per heavy atom. The van der Waals surface area contributed by atoms with Gasteiger partial charge in [0.1, 0.15) is 6.10 Å². The van der Waals surface area contributed by atoms with E-state index in [1.807, 2.05) is 13.8 Å². The van der Waals surface area contributed by atoms with Crippen molar-refractivity contribution < 1.29 is 14.6 Å². The van der Waals surface area contributed by atoms with Gasteiger partial charge in [-0.05, 0) is 13.3 Å². The van der Waals surface area contributed by atoms with Crippen molar-refractivity contribution in [2.45, 2.75) is 32.2 Å². The summed E-state index contributed by atoms with van der Waals surface area (Å²) in [6.07, 6.45) is 0.702. The second-order valence-electron chi connectivity index (χ2n) is 2.72. The standard InChI is InChI=1S/C7H14O3/c1-3-7(2)9-5-6(4-8)10-7/h6,8H,3-5H2,1-2H3/t6-,7?/m0/s1. The summed E-state index contributed by atoms with van der Waals surface area (Å²) in [5.41, 5.74) is 0. The van der Waals surface area contributed by atoms with E-state index in [-0.39, 0.29) is 12.7 Å². The Labute approximate surface area is 60.9 Å². The first kappa shape index (κ1) is 7.98. The molecule has 1 unspecified atom stereocenters. The van der Waals surface area contributed by atoms with Crippen molar-refractivity contribution >= 4 is 0 Å². The monoisotopic (exact) mass is 146 g/mol. The highest BCUT2D eigenvalue weighted by Gasteiger charge is 2.34. The first-order chi connectivity index (χ1) is 4.70. The molecule has 0 aromatic heterocycles. The van der Waals surface area contributed by atoms with Gasteiger partial charge in [-0.2, -0.15) is 0 Å². The first-order valence-corrected chi connectivity index (χ1v) is 3.63. The number of hydrogen-bond donors (Lipinski definition) is 1. The molecule has 0 saturated carbocycles. The SMILES string of the molecule is CCC1(C)OC[C@H](CO)O1. The largest absolute Gasteiger partial charge is 0.394 e. The van der Waals surface area contributed by atoms with Gasteiger partial charge in [0, 0.05) is 0 Å². The fourth-order valence-electron chi connectivity index (χ4n) is 0.965. The van der Waals surface area contributed by atoms with E-state index in [1.54, 1.807) is 0 Å². The Hall–Kier alpha value is -0.120. The van der Waals surface area contributed by atoms with Gasteiger partial charge in [-0.3, -0.25) is 0 Å². The molecule has 1 aliphatic heterocycles. The zero-order valence-corrected chi connectivity index (χ0v) is 6.46. The van der Waals surface area contributed by atoms with Gasteiger partial charge < -0.3 is 14.6 Å². The summed E-state index contributed by atoms with van der Waals surface area (Å²) >= 11 is 0. The third-order valence-corrected chi connectivity index (χ3v) is 1.84. The van der Waals surface area contributed by atoms with Gasteiger partial charge in [0.25, 0.3) is 0 Å². The van der Waals surface area contributed by atoms with E-state index in [2.05, 4.69) is 0 Å². The van der Waals surface area contributed by atoms with E-state index in [1.165, 1.54) is 0 Å². The summed E-state index contributed by atoms with van der Waals surface area (Å²) in [6.45, 7) is 4.46. The van der Waals surface area contributed by atoms with E-state index in [0.29, 0.717) is 6.61 Å². The molecular formula is C7H14O3. The summed E-state index contributed by atoms with van der Waals surface area (Å²) in [5, 5.41) is 8.69. The van der Waals surface area contributed by atoms with Gasteiger partial charge in [0.15, 0.2) is 5.79 Å². The van der Waals surface area contributed by atoms with Crippen LogP contribution in [0, 0.1) is 0 Å². The minimum absolute atomic E-state index is 0.0512. The summed E-state index contributed by atoms with van der Waals surface area (Å²) < 4.78 is 10.7. The van der Waals surface area contributed by atoms with Crippen LogP contribution in [0.4, 0.5) is 0 Å². The fraction of sp³-hybridized carbons (Fsp3) is 1.00. The number of ether oxygens (including phenoxy) is 2. The molecule has 0 bridgehead atoms. The zero-order valence-electron chi connectivity index (χ0n) is 6.46. The van der Waals surface area contributed by atoms with Crippen molar-refractivity contribution in [1.29, 1.82) is 0 Å². The predicted molar refractivity (Wildman–Crippen MR) is 36.6 cm³/mol. The van der Waals surface area contributed by atoms with E-state index in [9.17, 15) is 0 Å². The van der Waals surface area contributed by atoms with Crippen molar-refractivity contribution in [3.63, 3.8) is 0 Å². The Morgan fingerprint density at radius 2 is 2.40 bits per heavy atom. The van der Waals surface area contributed by atoms with Crippen molar-refractivity contribution in [3.05, 3.63) is 0 Å². The van der Waals surface area contributed by atoms with Gasteiger partial charge >= 0.3 is 0 Å². The maximum Gasteiger partial charge on any atom is 0.165 e. The minimum Gasteiger partial charge on any atom is -0.394 e. The Balaban J connectivity index is 2.41. The van der Waals surface area contributed by atoms with Crippen LogP contribution >= 0.6 is 0 Å². The highest BCUT2D eigenvalue weighted by molar-refractivity contribution is 4.72. The summed E-state index contributed by atoms with van der Waals surface area (Å²) in [7, 11) is 0. The molecule has 3 heteroatoms. The van der Waals surface area contributed by atoms with Crippen LogP contribution < -0.4 is 0 Å². The van der Waals surface area contributed by atoms with Gasteiger partial charge in [0.2, 0.25) is 0 Å². The van der Waals surface area contributed by atoms with Crippen LogP contribution in [0.15, 0.2) is 0 Å². The van der Waals surface area contributed by atoms with E-state index in [4.69, 9.17) is 14.6 Å². The van der Waals surface area contributed by atoms with E-state index >= 15 is 0 Å². The van der Waals surface area contributed by atoms with Crippen LogP contribution in [0.1, 0.15) is 20.3 Å². The average molecular weight is 146 g/mol.